The van der Waals surface area contributed by atoms with Crippen molar-refractivity contribution in [3.63, 3.8) is 0 Å². The fourth-order valence-electron chi connectivity index (χ4n) is 4.49. The van der Waals surface area contributed by atoms with E-state index in [1.165, 1.54) is 12.1 Å². The number of anilines is 1. The Labute approximate surface area is 269 Å². The average molecular weight is 624 g/mol. The number of amides is 1. The highest BCUT2D eigenvalue weighted by Gasteiger charge is 2.34. The number of nitrogens with one attached hydrogen (secondary N) is 1. The number of hydrogen-bond acceptors (Lipinski definition) is 6. The van der Waals surface area contributed by atoms with Crippen molar-refractivity contribution < 1.29 is 34.1 Å². The summed E-state index contributed by atoms with van der Waals surface area (Å²) in [5.74, 6) is -1.72. The highest BCUT2D eigenvalue weighted by Crippen LogP contribution is 2.25. The quantitative estimate of drug-likeness (QED) is 0.0595. The number of ether oxygens (including phenoxy) is 2. The molecule has 1 amide bonds. The summed E-state index contributed by atoms with van der Waals surface area (Å²) in [6.07, 6.45) is 30.6. The van der Waals surface area contributed by atoms with E-state index in [0.717, 1.165) is 57.4 Å². The van der Waals surface area contributed by atoms with E-state index in [4.69, 9.17) is 14.6 Å². The number of carboxylic acid groups (broad SMARTS) is 1. The summed E-state index contributed by atoms with van der Waals surface area (Å²) in [6, 6.07) is 3.68. The summed E-state index contributed by atoms with van der Waals surface area (Å²) in [5.41, 5.74) is -0.987. The number of Topliss-reactive ketones (excluding diaryl/α,β-unsaturated/α-hetero) is 1. The van der Waals surface area contributed by atoms with E-state index in [9.17, 15) is 19.5 Å². The Hall–Kier alpha value is -3.91. The number of phenols is 1. The first-order valence-corrected chi connectivity index (χ1v) is 16.2. The van der Waals surface area contributed by atoms with Crippen LogP contribution in [0.5, 0.6) is 5.75 Å². The first-order valence-electron chi connectivity index (χ1n) is 16.2. The average Bonchev–Trinajstić information content (AvgIpc) is 3.03. The summed E-state index contributed by atoms with van der Waals surface area (Å²) in [7, 11) is 0. The van der Waals surface area contributed by atoms with Gasteiger partial charge in [0, 0.05) is 18.7 Å². The number of allylic oxidation sites excluding steroid dienone is 10. The number of ketones is 1. The minimum atomic E-state index is -1.31. The normalized spacial score (nSPS) is 12.3. The lowest BCUT2D eigenvalue weighted by molar-refractivity contribution is -0.146. The fourth-order valence-corrected chi connectivity index (χ4v) is 4.49. The van der Waals surface area contributed by atoms with Crippen LogP contribution in [-0.2, 0) is 14.3 Å². The number of rotatable bonds is 24. The van der Waals surface area contributed by atoms with Gasteiger partial charge < -0.3 is 19.7 Å². The molecule has 8 nitrogen and oxygen atoms in total. The third-order valence-corrected chi connectivity index (χ3v) is 7.21. The first kappa shape index (κ1) is 39.1. The third-order valence-electron chi connectivity index (χ3n) is 7.21. The molecule has 0 aliphatic heterocycles. The van der Waals surface area contributed by atoms with Crippen LogP contribution in [-0.4, -0.2) is 46.9 Å². The molecule has 0 atom stereocenters. The number of benzene rings is 1. The Morgan fingerprint density at radius 1 is 0.778 bits per heavy atom. The van der Waals surface area contributed by atoms with Crippen LogP contribution in [0.15, 0.2) is 79.0 Å². The molecule has 0 unspecified atom stereocenters. The Kier molecular flexibility index (Phi) is 21.2. The summed E-state index contributed by atoms with van der Waals surface area (Å²) in [4.78, 5) is 36.2. The van der Waals surface area contributed by atoms with Crippen molar-refractivity contribution in [1.29, 1.82) is 0 Å². The SMILES string of the molecule is CC/C=C\C/C=C\C/C=C\C/C=C\C/C=C\CCCCOC(CC)(CC)C(=O)CCCOC(=O)Nc1ccc(O)c(C(=O)O)c1. The van der Waals surface area contributed by atoms with Gasteiger partial charge in [-0.15, -0.1) is 0 Å². The number of carbonyl (C=O) groups excluding carboxylic acids is 2. The second-order valence-corrected chi connectivity index (χ2v) is 10.6. The van der Waals surface area contributed by atoms with E-state index in [-0.39, 0.29) is 30.1 Å². The number of aromatic hydroxyl groups is 1. The van der Waals surface area contributed by atoms with Crippen LogP contribution in [0, 0.1) is 0 Å². The molecule has 0 aromatic heterocycles. The van der Waals surface area contributed by atoms with Gasteiger partial charge in [-0.05, 0) is 88.8 Å². The molecule has 0 fully saturated rings. The molecule has 0 aliphatic rings. The molecule has 0 radical (unpaired) electrons. The van der Waals surface area contributed by atoms with Gasteiger partial charge in [0.1, 0.15) is 16.9 Å². The van der Waals surface area contributed by atoms with Crippen LogP contribution < -0.4 is 5.32 Å². The van der Waals surface area contributed by atoms with E-state index in [0.29, 0.717) is 25.9 Å². The summed E-state index contributed by atoms with van der Waals surface area (Å²) >= 11 is 0. The maximum atomic E-state index is 13.0. The van der Waals surface area contributed by atoms with Crippen molar-refractivity contribution in [2.24, 2.45) is 0 Å². The van der Waals surface area contributed by atoms with Gasteiger partial charge in [0.25, 0.3) is 0 Å². The number of carboxylic acids is 1. The highest BCUT2D eigenvalue weighted by molar-refractivity contribution is 5.94. The van der Waals surface area contributed by atoms with Gasteiger partial charge in [0.05, 0.1) is 6.61 Å². The summed E-state index contributed by atoms with van der Waals surface area (Å²) < 4.78 is 11.3. The molecule has 1 aromatic rings. The molecule has 3 N–H and O–H groups in total. The van der Waals surface area contributed by atoms with Crippen LogP contribution in [0.25, 0.3) is 0 Å². The molecule has 0 spiro atoms. The Balaban J connectivity index is 2.24. The van der Waals surface area contributed by atoms with E-state index in [1.807, 2.05) is 13.8 Å². The maximum Gasteiger partial charge on any atom is 0.411 e. The molecule has 0 heterocycles. The first-order chi connectivity index (χ1) is 21.8. The summed E-state index contributed by atoms with van der Waals surface area (Å²) in [6.45, 7) is 6.58. The molecule has 8 heteroatoms. The van der Waals surface area contributed by atoms with Gasteiger partial charge in [-0.25, -0.2) is 9.59 Å². The minimum Gasteiger partial charge on any atom is -0.507 e. The molecule has 0 bridgehead atoms. The standard InChI is InChI=1S/C37H53NO7/c1-4-7-8-9-10-11-12-13-14-15-16-17-18-19-20-21-22-23-29-45-37(5-2,6-3)34(40)25-24-28-44-36(43)38-31-26-27-33(39)32(30-31)35(41)42/h7-8,10-11,13-14,16-17,19-20,26-27,30,39H,4-6,9,12,15,18,21-25,28-29H2,1-3H3,(H,38,43)(H,41,42)/b8-7-,11-10-,14-13-,17-16-,20-19-. The lowest BCUT2D eigenvalue weighted by atomic mass is 9.89. The molecule has 1 rings (SSSR count). The van der Waals surface area contributed by atoms with Crippen LogP contribution in [0.3, 0.4) is 0 Å². The monoisotopic (exact) mass is 623 g/mol. The van der Waals surface area contributed by atoms with E-state index < -0.39 is 23.4 Å². The Bertz CT molecular complexity index is 1160. The lowest BCUT2D eigenvalue weighted by Gasteiger charge is -2.30. The molecule has 0 aliphatic carbocycles. The van der Waals surface area contributed by atoms with Crippen LogP contribution >= 0.6 is 0 Å². The topological polar surface area (TPSA) is 122 Å². The van der Waals surface area contributed by atoms with Gasteiger partial charge >= 0.3 is 12.1 Å². The predicted molar refractivity (Wildman–Crippen MR) is 182 cm³/mol. The van der Waals surface area contributed by atoms with E-state index in [2.05, 4.69) is 73.0 Å². The van der Waals surface area contributed by atoms with Crippen molar-refractivity contribution in [2.75, 3.05) is 18.5 Å². The van der Waals surface area contributed by atoms with E-state index >= 15 is 0 Å². The van der Waals surface area contributed by atoms with Crippen molar-refractivity contribution in [1.82, 2.24) is 0 Å². The zero-order chi connectivity index (χ0) is 33.2. The molecule has 0 saturated heterocycles. The van der Waals surface area contributed by atoms with Crippen molar-refractivity contribution in [2.45, 2.75) is 103 Å². The lowest BCUT2D eigenvalue weighted by Crippen LogP contribution is -2.41. The second kappa shape index (κ2) is 24.4. The number of hydrogen-bond donors (Lipinski definition) is 3. The van der Waals surface area contributed by atoms with Gasteiger partial charge in [-0.1, -0.05) is 81.5 Å². The van der Waals surface area contributed by atoms with Gasteiger partial charge in [0.2, 0.25) is 0 Å². The second-order valence-electron chi connectivity index (χ2n) is 10.6. The molecule has 0 saturated carbocycles. The molecule has 1 aromatic carbocycles. The maximum absolute atomic E-state index is 13.0. The Morgan fingerprint density at radius 3 is 1.91 bits per heavy atom. The number of aromatic carboxylic acids is 1. The van der Waals surface area contributed by atoms with Crippen molar-refractivity contribution in [3.8, 4) is 5.75 Å². The van der Waals surface area contributed by atoms with Gasteiger partial charge in [0.15, 0.2) is 5.78 Å². The van der Waals surface area contributed by atoms with Crippen molar-refractivity contribution in [3.05, 3.63) is 84.5 Å². The molecular weight excluding hydrogens is 570 g/mol. The highest BCUT2D eigenvalue weighted by atomic mass is 16.5. The van der Waals surface area contributed by atoms with Crippen LogP contribution in [0.4, 0.5) is 10.5 Å². The minimum absolute atomic E-state index is 0.000954. The predicted octanol–water partition coefficient (Wildman–Crippen LogP) is 9.49. The smallest absolute Gasteiger partial charge is 0.411 e. The fraction of sp³-hybridized carbons (Fsp3) is 0.486. The zero-order valence-corrected chi connectivity index (χ0v) is 27.3. The zero-order valence-electron chi connectivity index (χ0n) is 27.3. The van der Waals surface area contributed by atoms with Crippen molar-refractivity contribution >= 4 is 23.5 Å². The largest absolute Gasteiger partial charge is 0.507 e. The molecule has 45 heavy (non-hydrogen) atoms. The molecular formula is C37H53NO7. The van der Waals surface area contributed by atoms with Crippen LogP contribution in [0.2, 0.25) is 0 Å². The van der Waals surface area contributed by atoms with Gasteiger partial charge in [-0.3, -0.25) is 10.1 Å². The van der Waals surface area contributed by atoms with Gasteiger partial charge in [-0.2, -0.15) is 0 Å². The summed E-state index contributed by atoms with van der Waals surface area (Å²) in [5, 5.41) is 21.1. The number of carbonyl (C=O) groups is 3. The van der Waals surface area contributed by atoms with Crippen LogP contribution in [0.1, 0.15) is 108 Å². The number of unbranched alkanes of at least 4 members (excludes halogenated alkanes) is 2. The molecule has 248 valence electrons. The third kappa shape index (κ3) is 17.2. The van der Waals surface area contributed by atoms with E-state index in [1.54, 1.807) is 0 Å². The Morgan fingerprint density at radius 2 is 1.36 bits per heavy atom.